The fourth-order valence-electron chi connectivity index (χ4n) is 2.71. The molecule has 2 rings (SSSR count). The molecule has 5 heteroatoms. The fraction of sp³-hybridized carbons (Fsp3) is 0.533. The molecular formula is C15H18Br2FNO. The summed E-state index contributed by atoms with van der Waals surface area (Å²) in [5, 5.41) is 3.85. The van der Waals surface area contributed by atoms with Crippen LogP contribution in [-0.2, 0) is 0 Å². The van der Waals surface area contributed by atoms with Gasteiger partial charge in [-0.1, -0.05) is 51.1 Å². The molecule has 1 amide bonds. The van der Waals surface area contributed by atoms with E-state index in [1.54, 1.807) is 6.07 Å². The van der Waals surface area contributed by atoms with Gasteiger partial charge in [0.2, 0.25) is 0 Å². The molecule has 1 fully saturated rings. The highest BCUT2D eigenvalue weighted by molar-refractivity contribution is 9.10. The molecule has 0 atom stereocenters. The molecule has 0 radical (unpaired) electrons. The van der Waals surface area contributed by atoms with Gasteiger partial charge in [0, 0.05) is 21.9 Å². The molecule has 1 aromatic rings. The Morgan fingerprint density at radius 2 is 1.95 bits per heavy atom. The van der Waals surface area contributed by atoms with Crippen molar-refractivity contribution in [2.75, 3.05) is 11.9 Å². The highest BCUT2D eigenvalue weighted by Gasteiger charge is 2.31. The van der Waals surface area contributed by atoms with Crippen molar-refractivity contribution in [3.05, 3.63) is 34.1 Å². The summed E-state index contributed by atoms with van der Waals surface area (Å²) in [4.78, 5) is 12.1. The van der Waals surface area contributed by atoms with Crippen molar-refractivity contribution < 1.29 is 9.18 Å². The summed E-state index contributed by atoms with van der Waals surface area (Å²) in [6, 6.07) is 4.25. The number of alkyl halides is 1. The van der Waals surface area contributed by atoms with Crippen LogP contribution in [0.4, 0.5) is 4.39 Å². The average molecular weight is 407 g/mol. The Kier molecular flexibility index (Phi) is 5.61. The van der Waals surface area contributed by atoms with Crippen LogP contribution in [0.1, 0.15) is 42.5 Å². The van der Waals surface area contributed by atoms with Gasteiger partial charge < -0.3 is 5.32 Å². The number of halogens is 3. The summed E-state index contributed by atoms with van der Waals surface area (Å²) < 4.78 is 13.9. The van der Waals surface area contributed by atoms with Crippen LogP contribution < -0.4 is 5.32 Å². The van der Waals surface area contributed by atoms with Crippen LogP contribution in [-0.4, -0.2) is 17.8 Å². The molecule has 0 bridgehead atoms. The maximum Gasteiger partial charge on any atom is 0.251 e. The average Bonchev–Trinajstić information content (AvgIpc) is 2.45. The number of carbonyl (C=O) groups excluding carboxylic acids is 1. The largest absolute Gasteiger partial charge is 0.351 e. The molecule has 1 aliphatic rings. The Hall–Kier alpha value is -0.420. The van der Waals surface area contributed by atoms with Crippen LogP contribution in [0.15, 0.2) is 22.7 Å². The summed E-state index contributed by atoms with van der Waals surface area (Å²) in [5.41, 5.74) is 0.510. The third-order valence-electron chi connectivity index (χ3n) is 3.95. The summed E-state index contributed by atoms with van der Waals surface area (Å²) in [7, 11) is 0. The highest BCUT2D eigenvalue weighted by Crippen LogP contribution is 2.37. The van der Waals surface area contributed by atoms with Crippen molar-refractivity contribution in [2.24, 2.45) is 5.41 Å². The van der Waals surface area contributed by atoms with E-state index in [1.165, 1.54) is 31.4 Å². The summed E-state index contributed by atoms with van der Waals surface area (Å²) in [6.45, 7) is 0.644. The Labute approximate surface area is 135 Å². The van der Waals surface area contributed by atoms with Gasteiger partial charge in [-0.3, -0.25) is 4.79 Å². The molecule has 0 aliphatic heterocycles. The fourth-order valence-corrected chi connectivity index (χ4v) is 3.94. The Morgan fingerprint density at radius 1 is 1.25 bits per heavy atom. The molecule has 1 N–H and O–H groups in total. The van der Waals surface area contributed by atoms with Gasteiger partial charge in [0.25, 0.3) is 5.91 Å². The van der Waals surface area contributed by atoms with Crippen molar-refractivity contribution in [2.45, 2.75) is 32.1 Å². The van der Waals surface area contributed by atoms with E-state index in [2.05, 4.69) is 37.2 Å². The van der Waals surface area contributed by atoms with Crippen molar-refractivity contribution >= 4 is 37.8 Å². The van der Waals surface area contributed by atoms with Gasteiger partial charge in [-0.2, -0.15) is 0 Å². The second-order valence-electron chi connectivity index (χ2n) is 5.54. The van der Waals surface area contributed by atoms with Gasteiger partial charge in [-0.15, -0.1) is 0 Å². The van der Waals surface area contributed by atoms with Crippen molar-refractivity contribution in [1.82, 2.24) is 5.32 Å². The van der Waals surface area contributed by atoms with E-state index in [0.29, 0.717) is 16.6 Å². The van der Waals surface area contributed by atoms with Gasteiger partial charge in [0.05, 0.1) is 0 Å². The van der Waals surface area contributed by atoms with Crippen LogP contribution in [0, 0.1) is 11.2 Å². The predicted octanol–water partition coefficient (Wildman–Crippen LogP) is 4.66. The Morgan fingerprint density at radius 3 is 2.55 bits per heavy atom. The molecule has 1 aliphatic carbocycles. The quantitative estimate of drug-likeness (QED) is 0.723. The van der Waals surface area contributed by atoms with Crippen LogP contribution in [0.3, 0.4) is 0 Å². The lowest BCUT2D eigenvalue weighted by atomic mass is 9.75. The minimum Gasteiger partial charge on any atom is -0.351 e. The van der Waals surface area contributed by atoms with E-state index in [9.17, 15) is 9.18 Å². The number of rotatable bonds is 4. The van der Waals surface area contributed by atoms with E-state index in [1.807, 2.05) is 0 Å². The topological polar surface area (TPSA) is 29.1 Å². The van der Waals surface area contributed by atoms with Crippen molar-refractivity contribution in [1.29, 1.82) is 0 Å². The van der Waals surface area contributed by atoms with Gasteiger partial charge >= 0.3 is 0 Å². The zero-order valence-electron chi connectivity index (χ0n) is 11.2. The number of hydrogen-bond acceptors (Lipinski definition) is 1. The second-order valence-corrected chi connectivity index (χ2v) is 7.01. The molecule has 20 heavy (non-hydrogen) atoms. The first kappa shape index (κ1) is 16.0. The smallest absolute Gasteiger partial charge is 0.251 e. The van der Waals surface area contributed by atoms with E-state index in [4.69, 9.17) is 0 Å². The van der Waals surface area contributed by atoms with E-state index in [0.717, 1.165) is 18.2 Å². The molecule has 0 heterocycles. The maximum atomic E-state index is 13.3. The monoisotopic (exact) mass is 405 g/mol. The minimum absolute atomic E-state index is 0.151. The molecule has 0 spiro atoms. The van der Waals surface area contributed by atoms with Crippen molar-refractivity contribution in [3.8, 4) is 0 Å². The van der Waals surface area contributed by atoms with Crippen LogP contribution >= 0.6 is 31.9 Å². The predicted molar refractivity (Wildman–Crippen MR) is 85.7 cm³/mol. The van der Waals surface area contributed by atoms with E-state index < -0.39 is 5.82 Å². The number of nitrogens with one attached hydrogen (secondary N) is 1. The zero-order valence-corrected chi connectivity index (χ0v) is 14.4. The van der Waals surface area contributed by atoms with Crippen molar-refractivity contribution in [3.63, 3.8) is 0 Å². The highest BCUT2D eigenvalue weighted by atomic mass is 79.9. The molecule has 0 aromatic heterocycles. The number of amides is 1. The molecule has 2 nitrogen and oxygen atoms in total. The lowest BCUT2D eigenvalue weighted by molar-refractivity contribution is 0.0921. The Bertz CT molecular complexity index is 467. The zero-order chi connectivity index (χ0) is 14.6. The molecule has 0 unspecified atom stereocenters. The maximum absolute atomic E-state index is 13.3. The molecule has 1 saturated carbocycles. The van der Waals surface area contributed by atoms with Gasteiger partial charge in [0.15, 0.2) is 0 Å². The summed E-state index contributed by atoms with van der Waals surface area (Å²) in [6.07, 6.45) is 5.97. The number of benzene rings is 1. The standard InChI is InChI=1S/C15H18Br2FNO/c16-9-15(4-2-1-3-5-15)10-19-14(20)11-6-12(17)8-13(18)7-11/h6-8H,1-5,9-10H2,(H,19,20). The lowest BCUT2D eigenvalue weighted by Crippen LogP contribution is -2.40. The van der Waals surface area contributed by atoms with Crippen LogP contribution in [0.5, 0.6) is 0 Å². The molecular weight excluding hydrogens is 389 g/mol. The molecule has 1 aromatic carbocycles. The Balaban J connectivity index is 2.00. The third-order valence-corrected chi connectivity index (χ3v) is 5.59. The first-order chi connectivity index (χ1) is 9.54. The van der Waals surface area contributed by atoms with E-state index >= 15 is 0 Å². The van der Waals surface area contributed by atoms with Crippen LogP contribution in [0.25, 0.3) is 0 Å². The summed E-state index contributed by atoms with van der Waals surface area (Å²) in [5.74, 6) is -0.617. The molecule has 0 saturated heterocycles. The third kappa shape index (κ3) is 4.04. The normalized spacial score (nSPS) is 17.8. The first-order valence-corrected chi connectivity index (χ1v) is 8.76. The van der Waals surface area contributed by atoms with Gasteiger partial charge in [-0.05, 0) is 36.5 Å². The SMILES string of the molecule is O=C(NCC1(CBr)CCCCC1)c1cc(F)cc(Br)c1. The minimum atomic E-state index is -0.405. The second kappa shape index (κ2) is 7.03. The number of carbonyl (C=O) groups is 1. The van der Waals surface area contributed by atoms with Gasteiger partial charge in [0.1, 0.15) is 5.82 Å². The molecule has 110 valence electrons. The lowest BCUT2D eigenvalue weighted by Gasteiger charge is -2.35. The summed E-state index contributed by atoms with van der Waals surface area (Å²) >= 11 is 6.78. The van der Waals surface area contributed by atoms with E-state index in [-0.39, 0.29) is 11.3 Å². The first-order valence-electron chi connectivity index (χ1n) is 6.85. The van der Waals surface area contributed by atoms with Crippen LogP contribution in [0.2, 0.25) is 0 Å². The number of hydrogen-bond donors (Lipinski definition) is 1. The van der Waals surface area contributed by atoms with Gasteiger partial charge in [-0.25, -0.2) is 4.39 Å².